The van der Waals surface area contributed by atoms with Gasteiger partial charge in [-0.3, -0.25) is 0 Å². The van der Waals surface area contributed by atoms with Crippen molar-refractivity contribution in [3.8, 4) is 0 Å². The number of hydrogen-bond acceptors (Lipinski definition) is 4. The van der Waals surface area contributed by atoms with Crippen LogP contribution in [0.3, 0.4) is 0 Å². The Morgan fingerprint density at radius 2 is 1.79 bits per heavy atom. The molecule has 0 saturated carbocycles. The van der Waals surface area contributed by atoms with E-state index in [0.717, 1.165) is 18.3 Å². The Morgan fingerprint density at radius 1 is 1.25 bits per heavy atom. The molecule has 2 aliphatic rings. The van der Waals surface area contributed by atoms with Crippen molar-refractivity contribution < 1.29 is 18.8 Å². The SMILES string of the molecule is CN(C(=O)OC1CC=C(B2OC(C)(C)C(C)(C)O2)CC1)C(C)(C)C. The van der Waals surface area contributed by atoms with Gasteiger partial charge >= 0.3 is 13.2 Å². The van der Waals surface area contributed by atoms with Gasteiger partial charge in [-0.25, -0.2) is 4.79 Å². The molecule has 1 fully saturated rings. The van der Waals surface area contributed by atoms with Gasteiger partial charge in [0.05, 0.1) is 11.2 Å². The second-order valence-corrected chi connectivity index (χ2v) is 8.88. The van der Waals surface area contributed by atoms with Crippen LogP contribution in [0.1, 0.15) is 67.7 Å². The Hall–Kier alpha value is -1.01. The fraction of sp³-hybridized carbons (Fsp3) is 0.833. The minimum atomic E-state index is -0.322. The largest absolute Gasteiger partial charge is 0.490 e. The highest BCUT2D eigenvalue weighted by Crippen LogP contribution is 2.40. The third kappa shape index (κ3) is 3.97. The first-order valence-corrected chi connectivity index (χ1v) is 8.82. The summed E-state index contributed by atoms with van der Waals surface area (Å²) in [5.74, 6) is 0. The highest BCUT2D eigenvalue weighted by molar-refractivity contribution is 6.54. The van der Waals surface area contributed by atoms with Gasteiger partial charge in [0.1, 0.15) is 6.10 Å². The van der Waals surface area contributed by atoms with Crippen molar-refractivity contribution in [2.24, 2.45) is 0 Å². The molecule has 1 aliphatic carbocycles. The highest BCUT2D eigenvalue weighted by Gasteiger charge is 2.52. The van der Waals surface area contributed by atoms with Crippen LogP contribution in [0, 0.1) is 0 Å². The van der Waals surface area contributed by atoms with Gasteiger partial charge in [-0.15, -0.1) is 0 Å². The normalized spacial score (nSPS) is 26.1. The van der Waals surface area contributed by atoms with Crippen molar-refractivity contribution in [1.82, 2.24) is 4.90 Å². The Bertz CT molecular complexity index is 506. The molecule has 1 aliphatic heterocycles. The van der Waals surface area contributed by atoms with E-state index in [-0.39, 0.29) is 36.1 Å². The van der Waals surface area contributed by atoms with Gasteiger partial charge in [0, 0.05) is 19.0 Å². The summed E-state index contributed by atoms with van der Waals surface area (Å²) < 4.78 is 17.8. The zero-order chi connectivity index (χ0) is 18.3. The molecule has 6 heteroatoms. The second kappa shape index (κ2) is 6.38. The number of ether oxygens (including phenoxy) is 1. The summed E-state index contributed by atoms with van der Waals surface area (Å²) in [6.45, 7) is 14.2. The van der Waals surface area contributed by atoms with Gasteiger partial charge in [-0.05, 0) is 66.8 Å². The molecule has 1 atom stereocenters. The lowest BCUT2D eigenvalue weighted by molar-refractivity contribution is 0.00578. The molecule has 24 heavy (non-hydrogen) atoms. The molecule has 1 unspecified atom stereocenters. The summed E-state index contributed by atoms with van der Waals surface area (Å²) in [4.78, 5) is 13.8. The maximum atomic E-state index is 12.2. The monoisotopic (exact) mass is 337 g/mol. The van der Waals surface area contributed by atoms with Crippen LogP contribution in [0.4, 0.5) is 4.79 Å². The van der Waals surface area contributed by atoms with Crippen LogP contribution < -0.4 is 0 Å². The van der Waals surface area contributed by atoms with E-state index < -0.39 is 0 Å². The van der Waals surface area contributed by atoms with E-state index in [1.807, 2.05) is 20.8 Å². The summed E-state index contributed by atoms with van der Waals surface area (Å²) >= 11 is 0. The van der Waals surface area contributed by atoms with Crippen LogP contribution in [0.5, 0.6) is 0 Å². The number of nitrogens with zero attached hydrogens (tertiary/aromatic N) is 1. The molecule has 5 nitrogen and oxygen atoms in total. The molecule has 2 rings (SSSR count). The average molecular weight is 337 g/mol. The summed E-state index contributed by atoms with van der Waals surface area (Å²) in [5, 5.41) is 0. The maximum absolute atomic E-state index is 12.2. The molecule has 0 bridgehead atoms. The summed E-state index contributed by atoms with van der Waals surface area (Å²) in [7, 11) is 1.49. The zero-order valence-corrected chi connectivity index (χ0v) is 16.4. The summed E-state index contributed by atoms with van der Waals surface area (Å²) in [6.07, 6.45) is 4.12. The van der Waals surface area contributed by atoms with Crippen molar-refractivity contribution in [2.75, 3.05) is 7.05 Å². The first-order valence-electron chi connectivity index (χ1n) is 8.82. The highest BCUT2D eigenvalue weighted by atomic mass is 16.7. The molecule has 136 valence electrons. The molecule has 1 heterocycles. The van der Waals surface area contributed by atoms with Crippen LogP contribution in [0.2, 0.25) is 0 Å². The first kappa shape index (κ1) is 19.3. The fourth-order valence-corrected chi connectivity index (χ4v) is 2.64. The Balaban J connectivity index is 1.92. The molecule has 0 spiro atoms. The molecule has 0 radical (unpaired) electrons. The van der Waals surface area contributed by atoms with E-state index in [4.69, 9.17) is 14.0 Å². The van der Waals surface area contributed by atoms with E-state index in [1.54, 1.807) is 11.9 Å². The quantitative estimate of drug-likeness (QED) is 0.716. The molecule has 0 aromatic heterocycles. The summed E-state index contributed by atoms with van der Waals surface area (Å²) in [6, 6.07) is 0. The molecule has 1 amide bonds. The first-order chi connectivity index (χ1) is 10.8. The van der Waals surface area contributed by atoms with Gasteiger partial charge in [-0.1, -0.05) is 6.08 Å². The van der Waals surface area contributed by atoms with Crippen LogP contribution >= 0.6 is 0 Å². The van der Waals surface area contributed by atoms with Crippen molar-refractivity contribution in [3.63, 3.8) is 0 Å². The van der Waals surface area contributed by atoms with E-state index in [1.165, 1.54) is 0 Å². The van der Waals surface area contributed by atoms with Gasteiger partial charge in [0.2, 0.25) is 0 Å². The number of carbonyl (C=O) groups excluding carboxylic acids is 1. The minimum absolute atomic E-state index is 0.0755. The molecule has 1 saturated heterocycles. The lowest BCUT2D eigenvalue weighted by Gasteiger charge is -2.33. The number of allylic oxidation sites excluding steroid dienone is 1. The molecular formula is C18H32BNO4. The third-order valence-corrected chi connectivity index (χ3v) is 5.50. The van der Waals surface area contributed by atoms with Crippen LogP contribution in [-0.4, -0.2) is 48.0 Å². The Kier molecular flexibility index (Phi) is 5.13. The number of hydrogen-bond donors (Lipinski definition) is 0. The minimum Gasteiger partial charge on any atom is -0.446 e. The number of carbonyl (C=O) groups is 1. The summed E-state index contributed by atoms with van der Waals surface area (Å²) in [5.41, 5.74) is 0.273. The Morgan fingerprint density at radius 3 is 2.21 bits per heavy atom. The van der Waals surface area contributed by atoms with Crippen molar-refractivity contribution >= 4 is 13.2 Å². The smallest absolute Gasteiger partial charge is 0.446 e. The lowest BCUT2D eigenvalue weighted by Crippen LogP contribution is -2.44. The average Bonchev–Trinajstić information content (AvgIpc) is 2.66. The maximum Gasteiger partial charge on any atom is 0.490 e. The van der Waals surface area contributed by atoms with E-state index >= 15 is 0 Å². The van der Waals surface area contributed by atoms with Crippen LogP contribution in [0.25, 0.3) is 0 Å². The second-order valence-electron chi connectivity index (χ2n) is 8.88. The predicted octanol–water partition coefficient (Wildman–Crippen LogP) is 3.96. The predicted molar refractivity (Wildman–Crippen MR) is 95.8 cm³/mol. The van der Waals surface area contributed by atoms with Crippen molar-refractivity contribution in [1.29, 1.82) is 0 Å². The lowest BCUT2D eigenvalue weighted by atomic mass is 9.72. The molecule has 0 aromatic rings. The van der Waals surface area contributed by atoms with Crippen LogP contribution in [0.15, 0.2) is 11.5 Å². The van der Waals surface area contributed by atoms with Crippen molar-refractivity contribution in [2.45, 2.75) is 90.6 Å². The molecular weight excluding hydrogens is 305 g/mol. The number of amides is 1. The standard InChI is InChI=1S/C18H32BNO4/c1-16(2,3)20(8)15(21)22-14-11-9-13(10-12-14)19-23-17(4,5)18(6,7)24-19/h9,14H,10-12H2,1-8H3. The van der Waals surface area contributed by atoms with Gasteiger partial charge in [0.25, 0.3) is 0 Å². The molecule has 0 N–H and O–H groups in total. The van der Waals surface area contributed by atoms with E-state index in [0.29, 0.717) is 6.42 Å². The number of rotatable bonds is 2. The van der Waals surface area contributed by atoms with Crippen molar-refractivity contribution in [3.05, 3.63) is 11.5 Å². The third-order valence-electron chi connectivity index (χ3n) is 5.50. The van der Waals surface area contributed by atoms with Crippen LogP contribution in [-0.2, 0) is 14.0 Å². The van der Waals surface area contributed by atoms with Gasteiger partial charge in [0.15, 0.2) is 0 Å². The van der Waals surface area contributed by atoms with E-state index in [2.05, 4.69) is 33.8 Å². The molecule has 0 aromatic carbocycles. The van der Waals surface area contributed by atoms with Gasteiger partial charge in [-0.2, -0.15) is 0 Å². The van der Waals surface area contributed by atoms with E-state index in [9.17, 15) is 4.79 Å². The fourth-order valence-electron chi connectivity index (χ4n) is 2.64. The van der Waals surface area contributed by atoms with Gasteiger partial charge < -0.3 is 18.9 Å². The topological polar surface area (TPSA) is 48.0 Å². The Labute approximate surface area is 146 Å². The zero-order valence-electron chi connectivity index (χ0n) is 16.4.